The van der Waals surface area contributed by atoms with E-state index in [0.29, 0.717) is 19.6 Å². The van der Waals surface area contributed by atoms with Gasteiger partial charge in [0.1, 0.15) is 0 Å². The Hall–Kier alpha value is -0.700. The number of nitrogens with zero attached hydrogens (tertiary/aromatic N) is 4. The molecule has 0 aromatic rings. The molecule has 1 unspecified atom stereocenters. The zero-order valence-electron chi connectivity index (χ0n) is 16.9. The molecule has 0 aromatic carbocycles. The van der Waals surface area contributed by atoms with Gasteiger partial charge in [-0.1, -0.05) is 13.8 Å². The number of rotatable bonds is 8. The lowest BCUT2D eigenvalue weighted by molar-refractivity contribution is -0.137. The minimum atomic E-state index is -3.43. The average Bonchev–Trinajstić information content (AvgIpc) is 3.11. The number of carbonyl (C=O) groups excluding carboxylic acids is 1. The molecule has 0 radical (unpaired) electrons. The monoisotopic (exact) mass is 388 g/mol. The summed E-state index contributed by atoms with van der Waals surface area (Å²) in [5.41, 5.74) is 0. The molecule has 0 aliphatic carbocycles. The van der Waals surface area contributed by atoms with E-state index in [1.165, 1.54) is 21.5 Å². The molecule has 0 N–H and O–H groups in total. The summed E-state index contributed by atoms with van der Waals surface area (Å²) in [6, 6.07) is -0.0213. The van der Waals surface area contributed by atoms with E-state index in [0.717, 1.165) is 38.9 Å². The van der Waals surface area contributed by atoms with Crippen LogP contribution in [0.15, 0.2) is 0 Å². The molecule has 2 aliphatic heterocycles. The number of carbonyl (C=O) groups is 1. The van der Waals surface area contributed by atoms with Crippen LogP contribution in [0.1, 0.15) is 46.0 Å². The summed E-state index contributed by atoms with van der Waals surface area (Å²) >= 11 is 0. The first kappa shape index (κ1) is 21.6. The van der Waals surface area contributed by atoms with Crippen LogP contribution in [-0.2, 0) is 15.0 Å². The average molecular weight is 389 g/mol. The molecule has 7 nitrogen and oxygen atoms in total. The molecule has 26 heavy (non-hydrogen) atoms. The van der Waals surface area contributed by atoms with E-state index in [4.69, 9.17) is 0 Å². The summed E-state index contributed by atoms with van der Waals surface area (Å²) in [5, 5.41) is 0. The number of hydrogen-bond acceptors (Lipinski definition) is 4. The third-order valence-corrected chi connectivity index (χ3v) is 7.34. The van der Waals surface area contributed by atoms with Crippen LogP contribution < -0.4 is 0 Å². The van der Waals surface area contributed by atoms with E-state index in [9.17, 15) is 13.2 Å². The van der Waals surface area contributed by atoms with Gasteiger partial charge in [0.25, 0.3) is 10.2 Å². The van der Waals surface area contributed by atoms with Gasteiger partial charge in [0.05, 0.1) is 0 Å². The minimum absolute atomic E-state index is 0.0213. The SMILES string of the molecule is CC(C)C(=O)N(CCCN1CCCC1)C1CCCN(S(=O)(=O)N(C)C)C1. The molecule has 0 bridgehead atoms. The molecule has 2 saturated heterocycles. The third-order valence-electron chi connectivity index (χ3n) is 5.44. The Morgan fingerprint density at radius 2 is 1.77 bits per heavy atom. The number of hydrogen-bond donors (Lipinski definition) is 0. The predicted molar refractivity (Wildman–Crippen MR) is 104 cm³/mol. The molecule has 0 spiro atoms. The van der Waals surface area contributed by atoms with Crippen molar-refractivity contribution in [2.45, 2.75) is 52.0 Å². The Bertz CT molecular complexity index is 559. The van der Waals surface area contributed by atoms with Gasteiger partial charge in [-0.3, -0.25) is 4.79 Å². The summed E-state index contributed by atoms with van der Waals surface area (Å²) in [7, 11) is -0.302. The number of piperidine rings is 1. The highest BCUT2D eigenvalue weighted by atomic mass is 32.2. The zero-order chi connectivity index (χ0) is 19.3. The molecule has 152 valence electrons. The van der Waals surface area contributed by atoms with Gasteiger partial charge < -0.3 is 9.80 Å². The first-order valence-electron chi connectivity index (χ1n) is 9.94. The largest absolute Gasteiger partial charge is 0.338 e. The lowest BCUT2D eigenvalue weighted by atomic mass is 10.0. The third kappa shape index (κ3) is 5.41. The van der Waals surface area contributed by atoms with Crippen LogP contribution in [0.3, 0.4) is 0 Å². The fourth-order valence-electron chi connectivity index (χ4n) is 3.89. The lowest BCUT2D eigenvalue weighted by Crippen LogP contribution is -2.54. The van der Waals surface area contributed by atoms with Crippen LogP contribution in [0.4, 0.5) is 0 Å². The van der Waals surface area contributed by atoms with E-state index in [-0.39, 0.29) is 17.9 Å². The predicted octanol–water partition coefficient (Wildman–Crippen LogP) is 1.23. The Kier molecular flexibility index (Phi) is 7.88. The van der Waals surface area contributed by atoms with Gasteiger partial charge in [0.2, 0.25) is 5.91 Å². The van der Waals surface area contributed by atoms with E-state index in [1.54, 1.807) is 14.1 Å². The Labute approximate surface area is 159 Å². The van der Waals surface area contributed by atoms with Gasteiger partial charge in [-0.15, -0.1) is 0 Å². The maximum Gasteiger partial charge on any atom is 0.281 e. The van der Waals surface area contributed by atoms with Crippen LogP contribution in [0.2, 0.25) is 0 Å². The van der Waals surface area contributed by atoms with Gasteiger partial charge in [-0.05, 0) is 51.7 Å². The van der Waals surface area contributed by atoms with Gasteiger partial charge >= 0.3 is 0 Å². The minimum Gasteiger partial charge on any atom is -0.338 e. The van der Waals surface area contributed by atoms with Crippen molar-refractivity contribution in [3.05, 3.63) is 0 Å². The molecule has 1 atom stereocenters. The first-order chi connectivity index (χ1) is 12.2. The van der Waals surface area contributed by atoms with Crippen molar-refractivity contribution in [1.82, 2.24) is 18.4 Å². The number of likely N-dealkylation sites (tertiary alicyclic amines) is 1. The van der Waals surface area contributed by atoms with E-state index < -0.39 is 10.2 Å². The summed E-state index contributed by atoms with van der Waals surface area (Å²) in [4.78, 5) is 17.2. The first-order valence-corrected chi connectivity index (χ1v) is 11.3. The topological polar surface area (TPSA) is 64.2 Å². The summed E-state index contributed by atoms with van der Waals surface area (Å²) in [6.45, 7) is 8.85. The van der Waals surface area contributed by atoms with Crippen molar-refractivity contribution in [3.63, 3.8) is 0 Å². The quantitative estimate of drug-likeness (QED) is 0.627. The van der Waals surface area contributed by atoms with E-state index >= 15 is 0 Å². The van der Waals surface area contributed by atoms with Crippen molar-refractivity contribution in [3.8, 4) is 0 Å². The van der Waals surface area contributed by atoms with Crippen molar-refractivity contribution in [2.24, 2.45) is 5.92 Å². The molecule has 2 fully saturated rings. The van der Waals surface area contributed by atoms with Crippen molar-refractivity contribution >= 4 is 16.1 Å². The Morgan fingerprint density at radius 1 is 1.12 bits per heavy atom. The molecular formula is C18H36N4O3S. The molecule has 2 rings (SSSR count). The molecule has 0 aromatic heterocycles. The molecule has 0 saturated carbocycles. The van der Waals surface area contributed by atoms with Gasteiger partial charge in [0, 0.05) is 45.7 Å². The molecule has 8 heteroatoms. The fraction of sp³-hybridized carbons (Fsp3) is 0.944. The Morgan fingerprint density at radius 3 is 2.35 bits per heavy atom. The molecule has 1 amide bonds. The maximum absolute atomic E-state index is 12.8. The van der Waals surface area contributed by atoms with Crippen molar-refractivity contribution < 1.29 is 13.2 Å². The highest BCUT2D eigenvalue weighted by Gasteiger charge is 2.35. The van der Waals surface area contributed by atoms with E-state index in [2.05, 4.69) is 4.90 Å². The fourth-order valence-corrected chi connectivity index (χ4v) is 5.07. The van der Waals surface area contributed by atoms with Crippen LogP contribution >= 0.6 is 0 Å². The zero-order valence-corrected chi connectivity index (χ0v) is 17.7. The van der Waals surface area contributed by atoms with Crippen LogP contribution in [0, 0.1) is 5.92 Å². The second kappa shape index (κ2) is 9.48. The highest BCUT2D eigenvalue weighted by Crippen LogP contribution is 2.22. The molecule has 2 heterocycles. The lowest BCUT2D eigenvalue weighted by Gasteiger charge is -2.40. The molecular weight excluding hydrogens is 352 g/mol. The van der Waals surface area contributed by atoms with Crippen molar-refractivity contribution in [2.75, 3.05) is 53.4 Å². The second-order valence-electron chi connectivity index (χ2n) is 8.03. The smallest absolute Gasteiger partial charge is 0.281 e. The normalized spacial score (nSPS) is 23.1. The second-order valence-corrected chi connectivity index (χ2v) is 10.2. The highest BCUT2D eigenvalue weighted by molar-refractivity contribution is 7.86. The summed E-state index contributed by atoms with van der Waals surface area (Å²) < 4.78 is 27.8. The maximum atomic E-state index is 12.8. The summed E-state index contributed by atoms with van der Waals surface area (Å²) in [6.07, 6.45) is 5.17. The standard InChI is InChI=1S/C18H36N4O3S/c1-16(2)18(23)22(14-8-12-20-10-5-6-11-20)17-9-7-13-21(15-17)26(24,25)19(3)4/h16-17H,5-15H2,1-4H3. The van der Waals surface area contributed by atoms with Crippen LogP contribution in [0.25, 0.3) is 0 Å². The van der Waals surface area contributed by atoms with Crippen LogP contribution in [0.5, 0.6) is 0 Å². The summed E-state index contributed by atoms with van der Waals surface area (Å²) in [5.74, 6) is 0.0724. The molecule has 2 aliphatic rings. The Balaban J connectivity index is 2.02. The van der Waals surface area contributed by atoms with Crippen molar-refractivity contribution in [1.29, 1.82) is 0 Å². The van der Waals surface area contributed by atoms with Gasteiger partial charge in [-0.2, -0.15) is 17.0 Å². The van der Waals surface area contributed by atoms with Crippen LogP contribution in [-0.4, -0.2) is 92.1 Å². The van der Waals surface area contributed by atoms with E-state index in [1.807, 2.05) is 18.7 Å². The van der Waals surface area contributed by atoms with Gasteiger partial charge in [-0.25, -0.2) is 0 Å². The number of amides is 1. The van der Waals surface area contributed by atoms with Gasteiger partial charge in [0.15, 0.2) is 0 Å².